The number of rotatable bonds is 3. The molecule has 5 nitrogen and oxygen atoms in total. The minimum Gasteiger partial charge on any atom is -0.480 e. The second kappa shape index (κ2) is 4.35. The molecule has 2 aromatic heterocycles. The highest BCUT2D eigenvalue weighted by molar-refractivity contribution is 5.78. The molecule has 1 fully saturated rings. The Morgan fingerprint density at radius 1 is 1.53 bits per heavy atom. The van der Waals surface area contributed by atoms with Crippen LogP contribution in [-0.2, 0) is 11.3 Å². The summed E-state index contributed by atoms with van der Waals surface area (Å²) in [4.78, 5) is 21.0. The number of fused-ring (bicyclic) bond motifs is 1. The van der Waals surface area contributed by atoms with E-state index in [-0.39, 0.29) is 0 Å². The molecule has 1 saturated heterocycles. The number of aromatic nitrogens is 2. The lowest BCUT2D eigenvalue weighted by Gasteiger charge is -2.30. The van der Waals surface area contributed by atoms with Crippen LogP contribution in [0, 0.1) is 0 Å². The molecule has 2 aromatic rings. The quantitative estimate of drug-likeness (QED) is 0.884. The monoisotopic (exact) mass is 259 g/mol. The molecule has 1 aliphatic rings. The van der Waals surface area contributed by atoms with E-state index < -0.39 is 11.5 Å². The van der Waals surface area contributed by atoms with Gasteiger partial charge in [0.25, 0.3) is 0 Å². The Kier molecular flexibility index (Phi) is 2.78. The Hall–Kier alpha value is -1.88. The van der Waals surface area contributed by atoms with Crippen molar-refractivity contribution in [2.75, 3.05) is 6.54 Å². The van der Waals surface area contributed by atoms with Gasteiger partial charge in [-0.3, -0.25) is 9.69 Å². The Bertz CT molecular complexity index is 622. The Morgan fingerprint density at radius 3 is 3.16 bits per heavy atom. The zero-order chi connectivity index (χ0) is 13.5. The summed E-state index contributed by atoms with van der Waals surface area (Å²) in [5, 5.41) is 10.5. The van der Waals surface area contributed by atoms with Gasteiger partial charge >= 0.3 is 5.97 Å². The topological polar surface area (TPSA) is 69.2 Å². The number of nitrogens with one attached hydrogen (secondary N) is 1. The summed E-state index contributed by atoms with van der Waals surface area (Å²) in [5.41, 5.74) is 1.00. The van der Waals surface area contributed by atoms with Crippen LogP contribution in [-0.4, -0.2) is 38.0 Å². The van der Waals surface area contributed by atoms with E-state index >= 15 is 0 Å². The number of likely N-dealkylation sites (tertiary alicyclic amines) is 1. The van der Waals surface area contributed by atoms with Gasteiger partial charge in [-0.15, -0.1) is 0 Å². The van der Waals surface area contributed by atoms with Gasteiger partial charge in [-0.05, 0) is 44.5 Å². The van der Waals surface area contributed by atoms with Gasteiger partial charge in [0, 0.05) is 18.1 Å². The average molecular weight is 259 g/mol. The first kappa shape index (κ1) is 12.2. The molecule has 0 bridgehead atoms. The van der Waals surface area contributed by atoms with Crippen LogP contribution in [0.1, 0.15) is 25.5 Å². The van der Waals surface area contributed by atoms with Crippen LogP contribution in [0.2, 0.25) is 0 Å². The lowest BCUT2D eigenvalue weighted by Crippen LogP contribution is -2.47. The lowest BCUT2D eigenvalue weighted by atomic mass is 9.99. The fourth-order valence-corrected chi connectivity index (χ4v) is 2.77. The summed E-state index contributed by atoms with van der Waals surface area (Å²) in [6.45, 7) is 3.19. The molecule has 0 spiro atoms. The molecule has 3 heterocycles. The van der Waals surface area contributed by atoms with E-state index in [1.165, 1.54) is 0 Å². The van der Waals surface area contributed by atoms with Crippen LogP contribution < -0.4 is 0 Å². The van der Waals surface area contributed by atoms with Gasteiger partial charge in [-0.1, -0.05) is 0 Å². The van der Waals surface area contributed by atoms with Gasteiger partial charge in [-0.2, -0.15) is 0 Å². The standard InChI is InChI=1S/C14H17N3O2/c1-14(13(18)19)6-2-8-17(14)9-11-4-3-10-5-7-15-12(10)16-11/h3-5,7H,2,6,8-9H2,1H3,(H,15,16)(H,18,19)/t14-/m0/s1. The highest BCUT2D eigenvalue weighted by Gasteiger charge is 2.43. The number of carboxylic acids is 1. The molecule has 3 rings (SSSR count). The Morgan fingerprint density at radius 2 is 2.37 bits per heavy atom. The number of pyridine rings is 1. The van der Waals surface area contributed by atoms with Crippen LogP contribution in [0.4, 0.5) is 0 Å². The van der Waals surface area contributed by atoms with Gasteiger partial charge in [-0.25, -0.2) is 4.98 Å². The summed E-state index contributed by atoms with van der Waals surface area (Å²) in [7, 11) is 0. The Balaban J connectivity index is 1.86. The molecular formula is C14H17N3O2. The number of aliphatic carboxylic acids is 1. The second-order valence-electron chi connectivity index (χ2n) is 5.32. The molecule has 1 atom stereocenters. The molecule has 0 radical (unpaired) electrons. The van der Waals surface area contributed by atoms with Crippen molar-refractivity contribution in [1.82, 2.24) is 14.9 Å². The zero-order valence-electron chi connectivity index (χ0n) is 10.9. The molecule has 19 heavy (non-hydrogen) atoms. The first-order valence-corrected chi connectivity index (χ1v) is 6.51. The fourth-order valence-electron chi connectivity index (χ4n) is 2.77. The van der Waals surface area contributed by atoms with E-state index in [1.807, 2.05) is 29.3 Å². The number of nitrogens with zero attached hydrogens (tertiary/aromatic N) is 2. The summed E-state index contributed by atoms with van der Waals surface area (Å²) in [6.07, 6.45) is 3.49. The van der Waals surface area contributed by atoms with Crippen molar-refractivity contribution >= 4 is 17.0 Å². The van der Waals surface area contributed by atoms with E-state index in [1.54, 1.807) is 6.92 Å². The molecule has 0 saturated carbocycles. The van der Waals surface area contributed by atoms with Crippen molar-refractivity contribution in [2.45, 2.75) is 31.8 Å². The summed E-state index contributed by atoms with van der Waals surface area (Å²) in [6, 6.07) is 5.96. The maximum atomic E-state index is 11.4. The number of hydrogen-bond donors (Lipinski definition) is 2. The van der Waals surface area contributed by atoms with Crippen LogP contribution >= 0.6 is 0 Å². The molecule has 100 valence electrons. The van der Waals surface area contributed by atoms with Crippen molar-refractivity contribution in [3.63, 3.8) is 0 Å². The number of H-pyrrole nitrogens is 1. The van der Waals surface area contributed by atoms with Crippen LogP contribution in [0.3, 0.4) is 0 Å². The van der Waals surface area contributed by atoms with Crippen molar-refractivity contribution in [3.8, 4) is 0 Å². The van der Waals surface area contributed by atoms with Crippen molar-refractivity contribution in [2.24, 2.45) is 0 Å². The predicted molar refractivity (Wildman–Crippen MR) is 71.8 cm³/mol. The summed E-state index contributed by atoms with van der Waals surface area (Å²) in [5.74, 6) is -0.744. The van der Waals surface area contributed by atoms with Gasteiger partial charge in [0.15, 0.2) is 0 Å². The lowest BCUT2D eigenvalue weighted by molar-refractivity contribution is -0.148. The van der Waals surface area contributed by atoms with E-state index in [0.29, 0.717) is 13.0 Å². The molecule has 2 N–H and O–H groups in total. The van der Waals surface area contributed by atoms with Gasteiger partial charge in [0.1, 0.15) is 11.2 Å². The first-order chi connectivity index (χ1) is 9.09. The minimum atomic E-state index is -0.758. The number of aromatic amines is 1. The molecule has 0 amide bonds. The van der Waals surface area contributed by atoms with E-state index in [9.17, 15) is 9.90 Å². The van der Waals surface area contributed by atoms with Gasteiger partial charge in [0.2, 0.25) is 0 Å². The van der Waals surface area contributed by atoms with Crippen molar-refractivity contribution in [3.05, 3.63) is 30.1 Å². The van der Waals surface area contributed by atoms with Gasteiger partial charge < -0.3 is 10.1 Å². The first-order valence-electron chi connectivity index (χ1n) is 6.51. The maximum Gasteiger partial charge on any atom is 0.323 e. The molecule has 0 aromatic carbocycles. The fraction of sp³-hybridized carbons (Fsp3) is 0.429. The third-order valence-corrected chi connectivity index (χ3v) is 4.07. The maximum absolute atomic E-state index is 11.4. The largest absolute Gasteiger partial charge is 0.480 e. The summed E-state index contributed by atoms with van der Waals surface area (Å²) >= 11 is 0. The molecule has 0 aliphatic carbocycles. The average Bonchev–Trinajstić information content (AvgIpc) is 2.97. The van der Waals surface area contributed by atoms with Crippen molar-refractivity contribution < 1.29 is 9.90 Å². The smallest absolute Gasteiger partial charge is 0.323 e. The molecular weight excluding hydrogens is 242 g/mol. The normalized spacial score (nSPS) is 24.1. The van der Waals surface area contributed by atoms with E-state index in [0.717, 1.165) is 29.7 Å². The third kappa shape index (κ3) is 2.00. The number of carbonyl (C=O) groups is 1. The van der Waals surface area contributed by atoms with Crippen molar-refractivity contribution in [1.29, 1.82) is 0 Å². The predicted octanol–water partition coefficient (Wildman–Crippen LogP) is 2.00. The number of hydrogen-bond acceptors (Lipinski definition) is 3. The van der Waals surface area contributed by atoms with E-state index in [2.05, 4.69) is 9.97 Å². The molecule has 5 heteroatoms. The summed E-state index contributed by atoms with van der Waals surface area (Å²) < 4.78 is 0. The van der Waals surface area contributed by atoms with Gasteiger partial charge in [0.05, 0.1) is 5.69 Å². The molecule has 0 unspecified atom stereocenters. The third-order valence-electron chi connectivity index (χ3n) is 4.07. The highest BCUT2D eigenvalue weighted by atomic mass is 16.4. The van der Waals surface area contributed by atoms with Crippen LogP contribution in [0.25, 0.3) is 11.0 Å². The Labute approximate surface area is 111 Å². The second-order valence-corrected chi connectivity index (χ2v) is 5.32. The zero-order valence-corrected chi connectivity index (χ0v) is 10.9. The molecule has 1 aliphatic heterocycles. The number of carboxylic acid groups (broad SMARTS) is 1. The minimum absolute atomic E-state index is 0.581. The SMILES string of the molecule is C[C@@]1(C(=O)O)CCCN1Cc1ccc2cc[nH]c2n1. The highest BCUT2D eigenvalue weighted by Crippen LogP contribution is 2.30. The van der Waals surface area contributed by atoms with E-state index in [4.69, 9.17) is 0 Å². The van der Waals surface area contributed by atoms with Crippen LogP contribution in [0.15, 0.2) is 24.4 Å². The van der Waals surface area contributed by atoms with Crippen LogP contribution in [0.5, 0.6) is 0 Å².